The van der Waals surface area contributed by atoms with E-state index in [4.69, 9.17) is 5.73 Å². The number of anilines is 2. The van der Waals surface area contributed by atoms with Crippen LogP contribution in [0.1, 0.15) is 65.5 Å². The van der Waals surface area contributed by atoms with E-state index in [1.165, 1.54) is 23.2 Å². The Morgan fingerprint density at radius 3 is 2.11 bits per heavy atom. The summed E-state index contributed by atoms with van der Waals surface area (Å²) in [5.74, 6) is 0.615. The molecule has 148 valence electrons. The van der Waals surface area contributed by atoms with Gasteiger partial charge in [-0.25, -0.2) is 0 Å². The van der Waals surface area contributed by atoms with Crippen LogP contribution in [0.2, 0.25) is 0 Å². The Labute approximate surface area is 174 Å². The maximum Gasteiger partial charge on any atom is 0.0458 e. The maximum absolute atomic E-state index is 5.93. The highest BCUT2D eigenvalue weighted by atomic mass is 79.9. The van der Waals surface area contributed by atoms with Gasteiger partial charge in [-0.3, -0.25) is 0 Å². The summed E-state index contributed by atoms with van der Waals surface area (Å²) >= 11 is 3.55. The van der Waals surface area contributed by atoms with Gasteiger partial charge in [0.1, 0.15) is 0 Å². The van der Waals surface area contributed by atoms with Crippen LogP contribution in [0.4, 0.5) is 11.4 Å². The highest BCUT2D eigenvalue weighted by molar-refractivity contribution is 9.10. The number of nitrogen functional groups attached to an aromatic ring is 1. The number of nitrogens with one attached hydrogen (secondary N) is 1. The van der Waals surface area contributed by atoms with Crippen molar-refractivity contribution in [2.24, 2.45) is 5.92 Å². The minimum absolute atomic E-state index is 0.138. The van der Waals surface area contributed by atoms with Crippen LogP contribution in [0, 0.1) is 5.92 Å². The van der Waals surface area contributed by atoms with Crippen molar-refractivity contribution in [3.05, 3.63) is 58.1 Å². The molecule has 0 aromatic heterocycles. The molecule has 2 aromatic rings. The van der Waals surface area contributed by atoms with Gasteiger partial charge in [0.25, 0.3) is 0 Å². The molecule has 2 aromatic carbocycles. The van der Waals surface area contributed by atoms with Gasteiger partial charge in [0.15, 0.2) is 0 Å². The van der Waals surface area contributed by atoms with E-state index in [2.05, 4.69) is 99.2 Å². The molecule has 3 heteroatoms. The van der Waals surface area contributed by atoms with Crippen LogP contribution in [0.5, 0.6) is 0 Å². The molecule has 0 aliphatic heterocycles. The second kappa shape index (κ2) is 8.68. The van der Waals surface area contributed by atoms with Crippen molar-refractivity contribution in [1.29, 1.82) is 0 Å². The summed E-state index contributed by atoms with van der Waals surface area (Å²) < 4.78 is 0.987. The molecule has 0 spiro atoms. The number of halogens is 1. The Morgan fingerprint density at radius 2 is 1.56 bits per heavy atom. The van der Waals surface area contributed by atoms with E-state index in [9.17, 15) is 0 Å². The quantitative estimate of drug-likeness (QED) is 0.458. The monoisotopic (exact) mass is 430 g/mol. The normalized spacial score (nSPS) is 13.4. The van der Waals surface area contributed by atoms with Crippen molar-refractivity contribution >= 4 is 27.3 Å². The van der Waals surface area contributed by atoms with Gasteiger partial charge in [0.05, 0.1) is 0 Å². The molecular weight excluding hydrogens is 396 g/mol. The average molecular weight is 431 g/mol. The minimum atomic E-state index is 0.138. The zero-order valence-corrected chi connectivity index (χ0v) is 19.3. The lowest BCUT2D eigenvalue weighted by Gasteiger charge is -2.27. The average Bonchev–Trinajstić information content (AvgIpc) is 2.60. The second-order valence-corrected chi connectivity index (χ2v) is 10.3. The molecule has 2 rings (SSSR count). The van der Waals surface area contributed by atoms with Crippen LogP contribution in [-0.2, 0) is 10.8 Å². The first-order valence-electron chi connectivity index (χ1n) is 9.89. The Hall–Kier alpha value is -1.48. The first-order valence-corrected chi connectivity index (χ1v) is 10.7. The third-order valence-corrected chi connectivity index (χ3v) is 6.14. The molecule has 0 aliphatic rings. The Bertz CT molecular complexity index is 742. The predicted octanol–water partition coefficient (Wildman–Crippen LogP) is 7.13. The highest BCUT2D eigenvalue weighted by Crippen LogP contribution is 2.33. The van der Waals surface area contributed by atoms with Gasteiger partial charge in [0.2, 0.25) is 0 Å². The largest absolute Gasteiger partial charge is 0.398 e. The summed E-state index contributed by atoms with van der Waals surface area (Å²) in [6.45, 7) is 14.7. The van der Waals surface area contributed by atoms with Crippen molar-refractivity contribution in [3.63, 3.8) is 0 Å². The summed E-state index contributed by atoms with van der Waals surface area (Å²) in [7, 11) is 0. The fourth-order valence-electron chi connectivity index (χ4n) is 3.18. The van der Waals surface area contributed by atoms with Crippen LogP contribution in [0.15, 0.2) is 46.9 Å². The van der Waals surface area contributed by atoms with Gasteiger partial charge in [-0.05, 0) is 80.9 Å². The SMILES string of the molecule is CC(CCC(C)(C)c1ccc(N)c(Br)c1)CNc1ccc(C(C)(C)C)cc1. The lowest BCUT2D eigenvalue weighted by atomic mass is 9.79. The summed E-state index contributed by atoms with van der Waals surface area (Å²) in [5, 5.41) is 3.59. The van der Waals surface area contributed by atoms with E-state index in [-0.39, 0.29) is 10.8 Å². The second-order valence-electron chi connectivity index (χ2n) is 9.47. The Kier molecular flexibility index (Phi) is 7.02. The van der Waals surface area contributed by atoms with E-state index < -0.39 is 0 Å². The van der Waals surface area contributed by atoms with Gasteiger partial charge in [0, 0.05) is 22.4 Å². The lowest BCUT2D eigenvalue weighted by molar-refractivity contribution is 0.408. The lowest BCUT2D eigenvalue weighted by Crippen LogP contribution is -2.20. The van der Waals surface area contributed by atoms with E-state index in [1.54, 1.807) is 0 Å². The molecule has 0 heterocycles. The van der Waals surface area contributed by atoms with Gasteiger partial charge in [-0.15, -0.1) is 0 Å². The molecule has 2 nitrogen and oxygen atoms in total. The number of hydrogen-bond acceptors (Lipinski definition) is 2. The number of hydrogen-bond donors (Lipinski definition) is 2. The van der Waals surface area contributed by atoms with Crippen molar-refractivity contribution in [3.8, 4) is 0 Å². The fraction of sp³-hybridized carbons (Fsp3) is 0.500. The Balaban J connectivity index is 1.86. The van der Waals surface area contributed by atoms with Crippen LogP contribution < -0.4 is 11.1 Å². The molecule has 0 amide bonds. The van der Waals surface area contributed by atoms with Crippen LogP contribution in [0.25, 0.3) is 0 Å². The van der Waals surface area contributed by atoms with Crippen molar-refractivity contribution < 1.29 is 0 Å². The van der Waals surface area contributed by atoms with Crippen LogP contribution in [-0.4, -0.2) is 6.54 Å². The minimum Gasteiger partial charge on any atom is -0.398 e. The first-order chi connectivity index (χ1) is 12.5. The summed E-state index contributed by atoms with van der Waals surface area (Å²) in [4.78, 5) is 0. The van der Waals surface area contributed by atoms with Gasteiger partial charge in [-0.2, -0.15) is 0 Å². The van der Waals surface area contributed by atoms with Crippen molar-refractivity contribution in [1.82, 2.24) is 0 Å². The van der Waals surface area contributed by atoms with Crippen LogP contribution in [0.3, 0.4) is 0 Å². The summed E-state index contributed by atoms with van der Waals surface area (Å²) in [5.41, 5.74) is 11.0. The maximum atomic E-state index is 5.93. The van der Waals surface area contributed by atoms with Crippen molar-refractivity contribution in [2.45, 2.75) is 65.2 Å². The van der Waals surface area contributed by atoms with Gasteiger partial charge < -0.3 is 11.1 Å². The third-order valence-electron chi connectivity index (χ3n) is 5.45. The topological polar surface area (TPSA) is 38.0 Å². The summed E-state index contributed by atoms with van der Waals surface area (Å²) in [6.07, 6.45) is 2.33. The fourth-order valence-corrected chi connectivity index (χ4v) is 3.56. The predicted molar refractivity (Wildman–Crippen MR) is 124 cm³/mol. The molecule has 27 heavy (non-hydrogen) atoms. The number of rotatable bonds is 7. The molecule has 0 saturated carbocycles. The summed E-state index contributed by atoms with van der Waals surface area (Å²) in [6, 6.07) is 15.2. The van der Waals surface area contributed by atoms with E-state index >= 15 is 0 Å². The third kappa shape index (κ3) is 6.27. The van der Waals surface area contributed by atoms with E-state index in [0.29, 0.717) is 5.92 Å². The Morgan fingerprint density at radius 1 is 0.963 bits per heavy atom. The molecule has 0 aliphatic carbocycles. The molecule has 1 unspecified atom stereocenters. The standard InChI is InChI=1S/C24H35BrN2/c1-17(16-27-20-10-7-18(8-11-20)23(2,3)4)13-14-24(5,6)19-9-12-22(26)21(25)15-19/h7-12,15,17,27H,13-14,16,26H2,1-6H3. The molecule has 0 bridgehead atoms. The molecule has 1 atom stereocenters. The van der Waals surface area contributed by atoms with Crippen molar-refractivity contribution in [2.75, 3.05) is 17.6 Å². The van der Waals surface area contributed by atoms with E-state index in [1.807, 2.05) is 6.07 Å². The molecule has 0 saturated heterocycles. The zero-order valence-electron chi connectivity index (χ0n) is 17.7. The zero-order chi connectivity index (χ0) is 20.2. The molecule has 0 fully saturated rings. The number of benzene rings is 2. The van der Waals surface area contributed by atoms with E-state index in [0.717, 1.165) is 23.1 Å². The smallest absolute Gasteiger partial charge is 0.0458 e. The molecule has 0 radical (unpaired) electrons. The van der Waals surface area contributed by atoms with Gasteiger partial charge >= 0.3 is 0 Å². The highest BCUT2D eigenvalue weighted by Gasteiger charge is 2.22. The first kappa shape index (κ1) is 21.8. The number of nitrogens with two attached hydrogens (primary N) is 1. The van der Waals surface area contributed by atoms with Crippen LogP contribution >= 0.6 is 15.9 Å². The molecule has 3 N–H and O–H groups in total. The molecular formula is C24H35BrN2. The van der Waals surface area contributed by atoms with Gasteiger partial charge in [-0.1, -0.05) is 59.7 Å².